The third-order valence-electron chi connectivity index (χ3n) is 1.77. The van der Waals surface area contributed by atoms with Gasteiger partial charge in [0.2, 0.25) is 0 Å². The first kappa shape index (κ1) is 12.7. The van der Waals surface area contributed by atoms with Crippen LogP contribution in [0.15, 0.2) is 28.7 Å². The zero-order valence-corrected chi connectivity index (χ0v) is 10.1. The van der Waals surface area contributed by atoms with Crippen molar-refractivity contribution in [2.75, 3.05) is 13.2 Å². The first-order chi connectivity index (χ1) is 7.65. The van der Waals surface area contributed by atoms with E-state index in [-0.39, 0.29) is 0 Å². The number of para-hydroxylation sites is 1. The molecule has 0 aliphatic heterocycles. The Morgan fingerprint density at radius 1 is 1.56 bits per heavy atom. The molecule has 16 heavy (non-hydrogen) atoms. The molecule has 0 aromatic heterocycles. The third kappa shape index (κ3) is 3.67. The Morgan fingerprint density at radius 3 is 2.94 bits per heavy atom. The van der Waals surface area contributed by atoms with E-state index in [2.05, 4.69) is 15.9 Å². The SMILES string of the molecule is NCCOc1c(Br)cccc1C=CC(=O)O. The number of carboxylic acids is 1. The molecule has 0 aliphatic carbocycles. The Bertz CT molecular complexity index is 404. The van der Waals surface area contributed by atoms with E-state index in [1.807, 2.05) is 6.07 Å². The molecule has 0 radical (unpaired) electrons. The maximum Gasteiger partial charge on any atom is 0.328 e. The lowest BCUT2D eigenvalue weighted by Crippen LogP contribution is -2.11. The van der Waals surface area contributed by atoms with Crippen molar-refractivity contribution in [3.05, 3.63) is 34.3 Å². The highest BCUT2D eigenvalue weighted by atomic mass is 79.9. The Labute approximate surface area is 102 Å². The quantitative estimate of drug-likeness (QED) is 0.811. The summed E-state index contributed by atoms with van der Waals surface area (Å²) < 4.78 is 6.21. The van der Waals surface area contributed by atoms with Crippen molar-refractivity contribution in [1.82, 2.24) is 0 Å². The van der Waals surface area contributed by atoms with Crippen molar-refractivity contribution in [2.45, 2.75) is 0 Å². The molecule has 0 fully saturated rings. The summed E-state index contributed by atoms with van der Waals surface area (Å²) >= 11 is 3.34. The van der Waals surface area contributed by atoms with Crippen LogP contribution in [-0.4, -0.2) is 24.2 Å². The number of benzene rings is 1. The summed E-state index contributed by atoms with van der Waals surface area (Å²) in [6.45, 7) is 0.792. The van der Waals surface area contributed by atoms with Gasteiger partial charge in [0.25, 0.3) is 0 Å². The fraction of sp³-hybridized carbons (Fsp3) is 0.182. The van der Waals surface area contributed by atoms with Crippen LogP contribution in [0, 0.1) is 0 Å². The van der Waals surface area contributed by atoms with Crippen molar-refractivity contribution in [2.24, 2.45) is 5.73 Å². The van der Waals surface area contributed by atoms with Crippen LogP contribution in [0.5, 0.6) is 5.75 Å². The van der Waals surface area contributed by atoms with Gasteiger partial charge in [-0.25, -0.2) is 4.79 Å². The molecule has 0 unspecified atom stereocenters. The molecule has 0 aliphatic rings. The predicted molar refractivity (Wildman–Crippen MR) is 65.4 cm³/mol. The smallest absolute Gasteiger partial charge is 0.328 e. The summed E-state index contributed by atoms with van der Waals surface area (Å²) in [5, 5.41) is 8.55. The van der Waals surface area contributed by atoms with E-state index in [4.69, 9.17) is 15.6 Å². The maximum atomic E-state index is 10.4. The molecule has 0 bridgehead atoms. The topological polar surface area (TPSA) is 72.5 Å². The zero-order chi connectivity index (χ0) is 12.0. The largest absolute Gasteiger partial charge is 0.490 e. The molecule has 0 spiro atoms. The lowest BCUT2D eigenvalue weighted by molar-refractivity contribution is -0.131. The molecule has 3 N–H and O–H groups in total. The van der Waals surface area contributed by atoms with Gasteiger partial charge in [0, 0.05) is 18.2 Å². The summed E-state index contributed by atoms with van der Waals surface area (Å²) in [5.74, 6) is -0.393. The minimum Gasteiger partial charge on any atom is -0.490 e. The Hall–Kier alpha value is -1.33. The monoisotopic (exact) mass is 285 g/mol. The van der Waals surface area contributed by atoms with Crippen LogP contribution in [0.3, 0.4) is 0 Å². The molecule has 1 rings (SSSR count). The number of ether oxygens (including phenoxy) is 1. The van der Waals surface area contributed by atoms with E-state index in [1.165, 1.54) is 6.08 Å². The molecule has 0 atom stereocenters. The molecule has 0 saturated carbocycles. The number of carbonyl (C=O) groups is 1. The number of carboxylic acid groups (broad SMARTS) is 1. The van der Waals surface area contributed by atoms with Crippen LogP contribution in [0.25, 0.3) is 6.08 Å². The fourth-order valence-corrected chi connectivity index (χ4v) is 1.63. The summed E-state index contributed by atoms with van der Waals surface area (Å²) in [5.41, 5.74) is 6.05. The number of aliphatic carboxylic acids is 1. The summed E-state index contributed by atoms with van der Waals surface area (Å²) in [7, 11) is 0. The number of halogens is 1. The lowest BCUT2D eigenvalue weighted by Gasteiger charge is -2.09. The molecule has 0 saturated heterocycles. The summed E-state index contributed by atoms with van der Waals surface area (Å²) in [6.07, 6.45) is 2.55. The minimum absolute atomic E-state index is 0.385. The highest BCUT2D eigenvalue weighted by molar-refractivity contribution is 9.10. The van der Waals surface area contributed by atoms with Crippen molar-refractivity contribution in [1.29, 1.82) is 0 Å². The molecule has 0 amide bonds. The zero-order valence-electron chi connectivity index (χ0n) is 8.52. The van der Waals surface area contributed by atoms with Gasteiger partial charge in [0.05, 0.1) is 4.47 Å². The molecular formula is C11H12BrNO3. The standard InChI is InChI=1S/C11H12BrNO3/c12-9-3-1-2-8(4-5-10(14)15)11(9)16-7-6-13/h1-5H,6-7,13H2,(H,14,15). The number of hydrogen-bond acceptors (Lipinski definition) is 3. The molecule has 1 aromatic carbocycles. The molecule has 5 heteroatoms. The second kappa shape index (κ2) is 6.30. The van der Waals surface area contributed by atoms with Crippen molar-refractivity contribution < 1.29 is 14.6 Å². The van der Waals surface area contributed by atoms with Crippen LogP contribution >= 0.6 is 15.9 Å². The van der Waals surface area contributed by atoms with Crippen molar-refractivity contribution >= 4 is 28.0 Å². The van der Waals surface area contributed by atoms with Gasteiger partial charge in [0.1, 0.15) is 12.4 Å². The van der Waals surface area contributed by atoms with Gasteiger partial charge in [-0.2, -0.15) is 0 Å². The second-order valence-corrected chi connectivity index (χ2v) is 3.82. The van der Waals surface area contributed by atoms with E-state index < -0.39 is 5.97 Å². The van der Waals surface area contributed by atoms with Gasteiger partial charge >= 0.3 is 5.97 Å². The minimum atomic E-state index is -0.996. The first-order valence-electron chi connectivity index (χ1n) is 4.67. The average Bonchev–Trinajstić information content (AvgIpc) is 2.25. The van der Waals surface area contributed by atoms with Crippen LogP contribution in [0.4, 0.5) is 0 Å². The number of rotatable bonds is 5. The molecule has 1 aromatic rings. The van der Waals surface area contributed by atoms with Crippen molar-refractivity contribution in [3.8, 4) is 5.75 Å². The molecular weight excluding hydrogens is 274 g/mol. The molecule has 86 valence electrons. The average molecular weight is 286 g/mol. The van der Waals surface area contributed by atoms with Gasteiger partial charge in [-0.1, -0.05) is 12.1 Å². The normalized spacial score (nSPS) is 10.6. The van der Waals surface area contributed by atoms with E-state index in [0.29, 0.717) is 24.5 Å². The second-order valence-electron chi connectivity index (χ2n) is 2.97. The molecule has 0 heterocycles. The van der Waals surface area contributed by atoms with Crippen LogP contribution in [0.2, 0.25) is 0 Å². The van der Waals surface area contributed by atoms with E-state index in [9.17, 15) is 4.79 Å². The summed E-state index contributed by atoms with van der Waals surface area (Å²) in [6, 6.07) is 5.40. The van der Waals surface area contributed by atoms with Gasteiger partial charge in [0.15, 0.2) is 0 Å². The Balaban J connectivity index is 2.97. The predicted octanol–water partition coefficient (Wildman–Crippen LogP) is 1.88. The van der Waals surface area contributed by atoms with Crippen molar-refractivity contribution in [3.63, 3.8) is 0 Å². The highest BCUT2D eigenvalue weighted by Gasteiger charge is 2.05. The van der Waals surface area contributed by atoms with E-state index >= 15 is 0 Å². The van der Waals surface area contributed by atoms with Crippen LogP contribution in [-0.2, 0) is 4.79 Å². The van der Waals surface area contributed by atoms with E-state index in [1.54, 1.807) is 12.1 Å². The van der Waals surface area contributed by atoms with Crippen LogP contribution in [0.1, 0.15) is 5.56 Å². The van der Waals surface area contributed by atoms with Crippen LogP contribution < -0.4 is 10.5 Å². The lowest BCUT2D eigenvalue weighted by atomic mass is 10.2. The Kier molecular flexibility index (Phi) is 5.01. The van der Waals surface area contributed by atoms with Gasteiger partial charge in [-0.15, -0.1) is 0 Å². The third-order valence-corrected chi connectivity index (χ3v) is 2.39. The number of nitrogens with two attached hydrogens (primary N) is 1. The summed E-state index contributed by atoms with van der Waals surface area (Å²) in [4.78, 5) is 10.4. The maximum absolute atomic E-state index is 10.4. The molecule has 4 nitrogen and oxygen atoms in total. The van der Waals surface area contributed by atoms with Gasteiger partial charge in [-0.3, -0.25) is 0 Å². The van der Waals surface area contributed by atoms with E-state index in [0.717, 1.165) is 10.5 Å². The van der Waals surface area contributed by atoms with Gasteiger partial charge in [-0.05, 0) is 28.1 Å². The highest BCUT2D eigenvalue weighted by Crippen LogP contribution is 2.29. The fourth-order valence-electron chi connectivity index (χ4n) is 1.13. The number of hydrogen-bond donors (Lipinski definition) is 2. The Morgan fingerprint density at radius 2 is 2.31 bits per heavy atom. The van der Waals surface area contributed by atoms with Gasteiger partial charge < -0.3 is 15.6 Å². The first-order valence-corrected chi connectivity index (χ1v) is 5.47.